The van der Waals surface area contributed by atoms with E-state index in [4.69, 9.17) is 8.53 Å². The number of furan rings is 1. The first-order chi connectivity index (χ1) is 15.0. The van der Waals surface area contributed by atoms with Crippen molar-refractivity contribution in [1.29, 1.82) is 0 Å². The second kappa shape index (κ2) is 6.43. The van der Waals surface area contributed by atoms with E-state index in [0.717, 1.165) is 43.5 Å². The summed E-state index contributed by atoms with van der Waals surface area (Å²) in [5, 5.41) is 3.32. The first-order valence-corrected chi connectivity index (χ1v) is 10.7. The summed E-state index contributed by atoms with van der Waals surface area (Å²) < 4.78 is 31.5. The van der Waals surface area contributed by atoms with Crippen LogP contribution in [0, 0.1) is 19.2 Å². The Labute approximate surface area is 179 Å². The van der Waals surface area contributed by atoms with Crippen molar-refractivity contribution in [3.05, 3.63) is 64.7 Å². The summed E-state index contributed by atoms with van der Waals surface area (Å²) >= 11 is 1.74. The van der Waals surface area contributed by atoms with Gasteiger partial charge in [0, 0.05) is 31.5 Å². The highest BCUT2D eigenvalue weighted by atomic mass is 32.1. The second-order valence-electron chi connectivity index (χ2n) is 8.97. The third-order valence-corrected chi connectivity index (χ3v) is 6.33. The van der Waals surface area contributed by atoms with Crippen molar-refractivity contribution >= 4 is 43.4 Å². The first kappa shape index (κ1) is 15.2. The zero-order valence-corrected chi connectivity index (χ0v) is 17.9. The highest BCUT2D eigenvalue weighted by molar-refractivity contribution is 7.19. The second-order valence-corrected chi connectivity index (χ2v) is 10.2. The van der Waals surface area contributed by atoms with Gasteiger partial charge in [0.2, 0.25) is 0 Å². The predicted octanol–water partition coefficient (Wildman–Crippen LogP) is 8.07. The highest BCUT2D eigenvalue weighted by Crippen LogP contribution is 2.41. The minimum absolute atomic E-state index is 0.0490. The lowest BCUT2D eigenvalue weighted by atomic mass is 9.86. The van der Waals surface area contributed by atoms with Crippen LogP contribution >= 0.6 is 11.3 Å². The van der Waals surface area contributed by atoms with Gasteiger partial charge in [-0.25, -0.2) is 0 Å². The molecule has 0 aliphatic rings. The van der Waals surface area contributed by atoms with E-state index in [1.807, 2.05) is 18.2 Å². The molecule has 0 bridgehead atoms. The van der Waals surface area contributed by atoms with Crippen LogP contribution in [0.2, 0.25) is 0 Å². The lowest BCUT2D eigenvalue weighted by Crippen LogP contribution is -2.10. The van der Waals surface area contributed by atoms with Crippen molar-refractivity contribution in [3.8, 4) is 11.3 Å². The molecule has 0 radical (unpaired) electrons. The molecule has 29 heavy (non-hydrogen) atoms. The van der Waals surface area contributed by atoms with Gasteiger partial charge in [-0.1, -0.05) is 39.0 Å². The fourth-order valence-electron chi connectivity index (χ4n) is 4.04. The van der Waals surface area contributed by atoms with Crippen LogP contribution in [0.25, 0.3) is 43.3 Å². The largest absolute Gasteiger partial charge is 0.454 e. The molecule has 0 aliphatic heterocycles. The highest BCUT2D eigenvalue weighted by Gasteiger charge is 2.18. The standard InChI is InChI=1S/C26H25NOS/c1-15-14-27-22(12-18(15)13-26(3,4)5)21-8-6-7-19-20-10-9-17-11-16(2)29-25(17)24(20)28-23(19)21/h6-12,14H,13H2,1-5H3/i1D3. The first-order valence-electron chi connectivity index (χ1n) is 11.4. The molecule has 2 aromatic carbocycles. The van der Waals surface area contributed by atoms with Crippen molar-refractivity contribution in [3.63, 3.8) is 0 Å². The van der Waals surface area contributed by atoms with Crippen LogP contribution in [0.5, 0.6) is 0 Å². The van der Waals surface area contributed by atoms with Crippen molar-refractivity contribution in [1.82, 2.24) is 4.98 Å². The van der Waals surface area contributed by atoms with Crippen LogP contribution < -0.4 is 0 Å². The number of hydrogen-bond acceptors (Lipinski definition) is 3. The fraction of sp³-hybridized carbons (Fsp3) is 0.269. The van der Waals surface area contributed by atoms with Gasteiger partial charge in [0.05, 0.1) is 10.4 Å². The fourth-order valence-corrected chi connectivity index (χ4v) is 5.04. The van der Waals surface area contributed by atoms with Crippen LogP contribution in [0.4, 0.5) is 0 Å². The number of thiophene rings is 1. The van der Waals surface area contributed by atoms with Crippen molar-refractivity contribution in [2.24, 2.45) is 5.41 Å². The monoisotopic (exact) mass is 402 g/mol. The molecule has 0 atom stereocenters. The Hall–Kier alpha value is -2.65. The van der Waals surface area contributed by atoms with Gasteiger partial charge in [0.15, 0.2) is 5.58 Å². The Balaban J connectivity index is 1.75. The summed E-state index contributed by atoms with van der Waals surface area (Å²) in [6.45, 7) is 6.26. The number of fused-ring (bicyclic) bond motifs is 5. The quantitative estimate of drug-likeness (QED) is 0.298. The third-order valence-electron chi connectivity index (χ3n) is 5.26. The number of aromatic nitrogens is 1. The lowest BCUT2D eigenvalue weighted by molar-refractivity contribution is 0.410. The zero-order valence-electron chi connectivity index (χ0n) is 20.1. The Bertz CT molecular complexity index is 1480. The molecule has 3 aromatic heterocycles. The molecule has 3 heterocycles. The smallest absolute Gasteiger partial charge is 0.153 e. The Morgan fingerprint density at radius 3 is 2.69 bits per heavy atom. The molecule has 146 valence electrons. The van der Waals surface area contributed by atoms with Crippen molar-refractivity contribution in [2.45, 2.75) is 41.0 Å². The van der Waals surface area contributed by atoms with E-state index in [1.54, 1.807) is 11.3 Å². The van der Waals surface area contributed by atoms with Gasteiger partial charge in [-0.3, -0.25) is 4.98 Å². The number of hydrogen-bond donors (Lipinski definition) is 0. The molecule has 0 unspecified atom stereocenters. The van der Waals surface area contributed by atoms with E-state index in [2.05, 4.69) is 56.9 Å². The molecular formula is C26H25NOS. The number of rotatable bonds is 2. The maximum atomic E-state index is 7.96. The molecule has 0 N–H and O–H groups in total. The van der Waals surface area contributed by atoms with Crippen LogP contribution in [0.15, 0.2) is 53.1 Å². The minimum Gasteiger partial charge on any atom is -0.454 e. The number of benzene rings is 2. The van der Waals surface area contributed by atoms with Crippen LogP contribution in [-0.2, 0) is 6.42 Å². The molecule has 2 nitrogen and oxygen atoms in total. The SMILES string of the molecule is [2H]C([2H])([2H])c1cnc(-c2cccc3c2oc2c3ccc3cc(C)sc32)cc1CC(C)(C)C. The summed E-state index contributed by atoms with van der Waals surface area (Å²) in [7, 11) is 0. The Morgan fingerprint density at radius 2 is 1.90 bits per heavy atom. The zero-order chi connectivity index (χ0) is 22.8. The molecular weight excluding hydrogens is 374 g/mol. The number of pyridine rings is 1. The topological polar surface area (TPSA) is 26.0 Å². The Kier molecular flexibility index (Phi) is 3.38. The van der Waals surface area contributed by atoms with Crippen LogP contribution in [0.1, 0.15) is 40.9 Å². The summed E-state index contributed by atoms with van der Waals surface area (Å²) in [5.41, 5.74) is 4.39. The molecule has 0 spiro atoms. The normalized spacial score (nSPS) is 14.4. The van der Waals surface area contributed by atoms with Gasteiger partial charge in [-0.05, 0) is 66.4 Å². The molecule has 0 aliphatic carbocycles. The maximum absolute atomic E-state index is 7.96. The van der Waals surface area contributed by atoms with E-state index in [-0.39, 0.29) is 5.41 Å². The Morgan fingerprint density at radius 1 is 1.07 bits per heavy atom. The molecule has 5 aromatic rings. The number of aryl methyl sites for hydroxylation is 2. The van der Waals surface area contributed by atoms with Gasteiger partial charge < -0.3 is 4.42 Å². The van der Waals surface area contributed by atoms with E-state index in [9.17, 15) is 0 Å². The average Bonchev–Trinajstić information content (AvgIpc) is 3.25. The summed E-state index contributed by atoms with van der Waals surface area (Å²) in [6.07, 6.45) is 2.17. The number of para-hydroxylation sites is 1. The number of nitrogens with zero attached hydrogens (tertiary/aromatic N) is 1. The third kappa shape index (κ3) is 3.14. The predicted molar refractivity (Wildman–Crippen MR) is 125 cm³/mol. The van der Waals surface area contributed by atoms with Gasteiger partial charge >= 0.3 is 0 Å². The minimum atomic E-state index is -2.19. The van der Waals surface area contributed by atoms with E-state index in [1.165, 1.54) is 16.5 Å². The average molecular weight is 403 g/mol. The summed E-state index contributed by atoms with van der Waals surface area (Å²) in [6, 6.07) is 14.5. The van der Waals surface area contributed by atoms with E-state index in [0.29, 0.717) is 12.0 Å². The van der Waals surface area contributed by atoms with Crippen molar-refractivity contribution in [2.75, 3.05) is 0 Å². The van der Waals surface area contributed by atoms with Crippen LogP contribution in [-0.4, -0.2) is 4.98 Å². The molecule has 0 fully saturated rings. The maximum Gasteiger partial charge on any atom is 0.153 e. The van der Waals surface area contributed by atoms with E-state index < -0.39 is 6.85 Å². The molecule has 3 heteroatoms. The van der Waals surface area contributed by atoms with Gasteiger partial charge in [-0.15, -0.1) is 11.3 Å². The van der Waals surface area contributed by atoms with Crippen molar-refractivity contribution < 1.29 is 8.53 Å². The van der Waals surface area contributed by atoms with Gasteiger partial charge in [0.1, 0.15) is 5.58 Å². The summed E-state index contributed by atoms with van der Waals surface area (Å²) in [5.74, 6) is 0. The summed E-state index contributed by atoms with van der Waals surface area (Å²) in [4.78, 5) is 5.83. The van der Waals surface area contributed by atoms with Gasteiger partial charge in [0.25, 0.3) is 0 Å². The molecule has 0 saturated heterocycles. The lowest BCUT2D eigenvalue weighted by Gasteiger charge is -2.20. The molecule has 5 rings (SSSR count). The van der Waals surface area contributed by atoms with E-state index >= 15 is 0 Å². The molecule has 0 saturated carbocycles. The molecule has 0 amide bonds. The van der Waals surface area contributed by atoms with Gasteiger partial charge in [-0.2, -0.15) is 0 Å². The van der Waals surface area contributed by atoms with Crippen LogP contribution in [0.3, 0.4) is 0 Å².